The first kappa shape index (κ1) is 8.55. The number of oxazole rings is 1. The number of aromatic nitrogens is 1. The van der Waals surface area contributed by atoms with Crippen molar-refractivity contribution in [3.8, 4) is 0 Å². The quantitative estimate of drug-likeness (QED) is 0.668. The highest BCUT2D eigenvalue weighted by molar-refractivity contribution is 5.76. The zero-order chi connectivity index (χ0) is 10.3. The summed E-state index contributed by atoms with van der Waals surface area (Å²) in [5, 5.41) is 6.54. The van der Waals surface area contributed by atoms with Crippen LogP contribution < -0.4 is 16.4 Å². The molecule has 1 saturated heterocycles. The van der Waals surface area contributed by atoms with E-state index >= 15 is 0 Å². The van der Waals surface area contributed by atoms with Gasteiger partial charge in [-0.2, -0.15) is 0 Å². The van der Waals surface area contributed by atoms with Gasteiger partial charge in [-0.3, -0.25) is 4.98 Å². The van der Waals surface area contributed by atoms with Crippen LogP contribution in [0.25, 0.3) is 11.1 Å². The van der Waals surface area contributed by atoms with Crippen molar-refractivity contribution in [3.05, 3.63) is 28.7 Å². The van der Waals surface area contributed by atoms with E-state index in [1.807, 2.05) is 12.1 Å². The molecule has 1 aromatic heterocycles. The van der Waals surface area contributed by atoms with Crippen LogP contribution in [0, 0.1) is 0 Å². The number of benzene rings is 1. The van der Waals surface area contributed by atoms with E-state index < -0.39 is 5.76 Å². The highest BCUT2D eigenvalue weighted by atomic mass is 16.4. The Morgan fingerprint density at radius 2 is 2.27 bits per heavy atom. The number of aromatic amines is 1. The number of hydrogen-bond donors (Lipinski definition) is 3. The van der Waals surface area contributed by atoms with E-state index in [0.29, 0.717) is 11.6 Å². The van der Waals surface area contributed by atoms with Crippen molar-refractivity contribution in [2.45, 2.75) is 6.04 Å². The van der Waals surface area contributed by atoms with E-state index in [0.717, 1.165) is 24.3 Å². The summed E-state index contributed by atoms with van der Waals surface area (Å²) >= 11 is 0. The van der Waals surface area contributed by atoms with Crippen LogP contribution in [-0.4, -0.2) is 24.1 Å². The third kappa shape index (κ3) is 1.50. The normalized spacial score (nSPS) is 16.5. The summed E-state index contributed by atoms with van der Waals surface area (Å²) < 4.78 is 4.92. The average molecular weight is 205 g/mol. The molecule has 0 spiro atoms. The molecule has 5 heteroatoms. The average Bonchev–Trinajstić information content (AvgIpc) is 2.50. The van der Waals surface area contributed by atoms with Crippen LogP contribution in [-0.2, 0) is 0 Å². The van der Waals surface area contributed by atoms with Crippen LogP contribution in [0.1, 0.15) is 0 Å². The molecule has 1 fully saturated rings. The highest BCUT2D eigenvalue weighted by Gasteiger charge is 2.16. The van der Waals surface area contributed by atoms with E-state index in [1.54, 1.807) is 6.07 Å². The Kier molecular flexibility index (Phi) is 1.78. The largest absolute Gasteiger partial charge is 0.417 e. The fourth-order valence-electron chi connectivity index (χ4n) is 1.67. The summed E-state index contributed by atoms with van der Waals surface area (Å²) in [6.07, 6.45) is 0. The molecule has 3 N–H and O–H groups in total. The molecule has 1 aliphatic heterocycles. The third-order valence-electron chi connectivity index (χ3n) is 2.57. The monoisotopic (exact) mass is 205 g/mol. The number of fused-ring (bicyclic) bond motifs is 1. The number of H-pyrrole nitrogens is 1. The molecule has 1 aliphatic rings. The summed E-state index contributed by atoms with van der Waals surface area (Å²) in [6, 6.07) is 6.08. The second kappa shape index (κ2) is 3.13. The summed E-state index contributed by atoms with van der Waals surface area (Å²) in [6.45, 7) is 1.97. The zero-order valence-corrected chi connectivity index (χ0v) is 8.04. The van der Waals surface area contributed by atoms with Gasteiger partial charge in [0, 0.05) is 18.8 Å². The number of anilines is 1. The van der Waals surface area contributed by atoms with Gasteiger partial charge in [0.25, 0.3) is 0 Å². The predicted molar refractivity (Wildman–Crippen MR) is 57.1 cm³/mol. The van der Waals surface area contributed by atoms with E-state index in [-0.39, 0.29) is 0 Å². The van der Waals surface area contributed by atoms with Crippen LogP contribution >= 0.6 is 0 Å². The van der Waals surface area contributed by atoms with Gasteiger partial charge in [0.2, 0.25) is 0 Å². The summed E-state index contributed by atoms with van der Waals surface area (Å²) in [5.74, 6) is -0.410. The topological polar surface area (TPSA) is 70.1 Å². The molecule has 0 amide bonds. The molecule has 15 heavy (non-hydrogen) atoms. The molecule has 3 rings (SSSR count). The van der Waals surface area contributed by atoms with Crippen molar-refractivity contribution in [2.24, 2.45) is 0 Å². The van der Waals surface area contributed by atoms with Gasteiger partial charge in [0.1, 0.15) is 0 Å². The smallest absolute Gasteiger partial charge is 0.408 e. The molecule has 0 saturated carbocycles. The van der Waals surface area contributed by atoms with Crippen molar-refractivity contribution in [1.82, 2.24) is 10.3 Å². The van der Waals surface area contributed by atoms with Gasteiger partial charge in [0.15, 0.2) is 5.58 Å². The van der Waals surface area contributed by atoms with Gasteiger partial charge in [-0.25, -0.2) is 4.79 Å². The first-order chi connectivity index (χ1) is 7.31. The summed E-state index contributed by atoms with van der Waals surface area (Å²) in [5.41, 5.74) is 2.33. The van der Waals surface area contributed by atoms with E-state index in [9.17, 15) is 4.79 Å². The number of rotatable bonds is 2. The lowest BCUT2D eigenvalue weighted by Gasteiger charge is -2.28. The van der Waals surface area contributed by atoms with Gasteiger partial charge in [-0.05, 0) is 18.2 Å². The van der Waals surface area contributed by atoms with Gasteiger partial charge >= 0.3 is 5.76 Å². The molecule has 1 aromatic carbocycles. The maximum absolute atomic E-state index is 10.9. The van der Waals surface area contributed by atoms with Crippen molar-refractivity contribution < 1.29 is 4.42 Å². The molecular weight excluding hydrogens is 194 g/mol. The van der Waals surface area contributed by atoms with Crippen LogP contribution in [0.4, 0.5) is 5.69 Å². The lowest BCUT2D eigenvalue weighted by molar-refractivity contribution is 0.472. The highest BCUT2D eigenvalue weighted by Crippen LogP contribution is 2.17. The Bertz CT molecular complexity index is 539. The molecule has 5 nitrogen and oxygen atoms in total. The van der Waals surface area contributed by atoms with E-state index in [4.69, 9.17) is 4.42 Å². The molecular formula is C10H11N3O2. The van der Waals surface area contributed by atoms with Gasteiger partial charge in [-0.15, -0.1) is 0 Å². The summed E-state index contributed by atoms with van der Waals surface area (Å²) in [4.78, 5) is 13.6. The maximum atomic E-state index is 10.9. The fourth-order valence-corrected chi connectivity index (χ4v) is 1.67. The van der Waals surface area contributed by atoms with Crippen LogP contribution in [0.15, 0.2) is 27.4 Å². The Labute approximate surface area is 85.5 Å². The van der Waals surface area contributed by atoms with E-state index in [1.165, 1.54) is 0 Å². The molecule has 0 bridgehead atoms. The Balaban J connectivity index is 1.94. The Morgan fingerprint density at radius 1 is 1.40 bits per heavy atom. The predicted octanol–water partition coefficient (Wildman–Crippen LogP) is 0.505. The van der Waals surface area contributed by atoms with Crippen LogP contribution in [0.5, 0.6) is 0 Å². The molecule has 0 aliphatic carbocycles. The SMILES string of the molecule is O=c1[nH]c2cc(NC3CNC3)ccc2o1. The van der Waals surface area contributed by atoms with Crippen molar-refractivity contribution in [1.29, 1.82) is 0 Å². The summed E-state index contributed by atoms with van der Waals surface area (Å²) in [7, 11) is 0. The lowest BCUT2D eigenvalue weighted by atomic mass is 10.1. The minimum Gasteiger partial charge on any atom is -0.408 e. The minimum atomic E-state index is -0.410. The van der Waals surface area contributed by atoms with Crippen LogP contribution in [0.2, 0.25) is 0 Å². The second-order valence-electron chi connectivity index (χ2n) is 3.72. The molecule has 2 heterocycles. The van der Waals surface area contributed by atoms with Gasteiger partial charge in [0.05, 0.1) is 11.6 Å². The second-order valence-corrected chi connectivity index (χ2v) is 3.72. The van der Waals surface area contributed by atoms with Crippen LogP contribution in [0.3, 0.4) is 0 Å². The van der Waals surface area contributed by atoms with E-state index in [2.05, 4.69) is 15.6 Å². The maximum Gasteiger partial charge on any atom is 0.417 e. The number of nitrogens with one attached hydrogen (secondary N) is 3. The molecule has 2 aromatic rings. The molecule has 78 valence electrons. The number of hydrogen-bond acceptors (Lipinski definition) is 4. The zero-order valence-electron chi connectivity index (χ0n) is 8.04. The van der Waals surface area contributed by atoms with Crippen molar-refractivity contribution in [2.75, 3.05) is 18.4 Å². The first-order valence-corrected chi connectivity index (χ1v) is 4.91. The van der Waals surface area contributed by atoms with Crippen molar-refractivity contribution >= 4 is 16.8 Å². The van der Waals surface area contributed by atoms with Crippen molar-refractivity contribution in [3.63, 3.8) is 0 Å². The lowest BCUT2D eigenvalue weighted by Crippen LogP contribution is -2.51. The molecule has 0 unspecified atom stereocenters. The molecule has 0 atom stereocenters. The first-order valence-electron chi connectivity index (χ1n) is 4.91. The standard InChI is InChI=1S/C10H11N3O2/c14-10-13-8-3-6(1-2-9(8)15-10)12-7-4-11-5-7/h1-3,7,11-12H,4-5H2,(H,13,14). The fraction of sp³-hybridized carbons (Fsp3) is 0.300. The Morgan fingerprint density at radius 3 is 3.00 bits per heavy atom. The van der Waals surface area contributed by atoms with Gasteiger partial charge in [-0.1, -0.05) is 0 Å². The third-order valence-corrected chi connectivity index (χ3v) is 2.57. The molecule has 0 radical (unpaired) electrons. The minimum absolute atomic E-state index is 0.410. The van der Waals surface area contributed by atoms with Gasteiger partial charge < -0.3 is 15.1 Å². The Hall–Kier alpha value is -1.75.